The number of aliphatic imine (C=N–C) groups is 1. The molecule has 1 heterocycles. The summed E-state index contributed by atoms with van der Waals surface area (Å²) in [6.45, 7) is 5.29. The summed E-state index contributed by atoms with van der Waals surface area (Å²) in [5.74, 6) is 2.56. The van der Waals surface area contributed by atoms with Gasteiger partial charge in [0.2, 0.25) is 0 Å². The van der Waals surface area contributed by atoms with Gasteiger partial charge in [0.1, 0.15) is 5.76 Å². The fourth-order valence-electron chi connectivity index (χ4n) is 1.70. The zero-order valence-corrected chi connectivity index (χ0v) is 12.2. The summed E-state index contributed by atoms with van der Waals surface area (Å²) in [5.41, 5.74) is 6.46. The number of allylic oxidation sites excluding steroid dienone is 1. The Morgan fingerprint density at radius 3 is 2.86 bits per heavy atom. The molecule has 0 aliphatic heterocycles. The molecule has 0 saturated heterocycles. The van der Waals surface area contributed by atoms with Crippen LogP contribution in [0.2, 0.25) is 0 Å². The zero-order valence-electron chi connectivity index (χ0n) is 11.4. The number of nitrogens with two attached hydrogens (primary N) is 1. The minimum absolute atomic E-state index is 0.0861. The van der Waals surface area contributed by atoms with Crippen molar-refractivity contribution in [2.45, 2.75) is 6.92 Å². The van der Waals surface area contributed by atoms with Crippen LogP contribution in [-0.4, -0.2) is 6.72 Å². The second-order valence-electron chi connectivity index (χ2n) is 4.07. The lowest BCUT2D eigenvalue weighted by Gasteiger charge is -2.10. The Labute approximate surface area is 126 Å². The highest BCUT2D eigenvalue weighted by Gasteiger charge is 2.15. The van der Waals surface area contributed by atoms with E-state index in [9.17, 15) is 4.39 Å². The van der Waals surface area contributed by atoms with Gasteiger partial charge in [-0.2, -0.15) is 0 Å². The molecule has 0 aliphatic carbocycles. The molecule has 2 N–H and O–H groups in total. The first-order valence-electron chi connectivity index (χ1n) is 6.05. The van der Waals surface area contributed by atoms with Gasteiger partial charge in [-0.15, -0.1) is 17.8 Å². The Balaban J connectivity index is 2.39. The van der Waals surface area contributed by atoms with Crippen molar-refractivity contribution in [2.24, 2.45) is 4.99 Å². The van der Waals surface area contributed by atoms with Gasteiger partial charge in [-0.3, -0.25) is 4.99 Å². The van der Waals surface area contributed by atoms with Crippen molar-refractivity contribution in [3.05, 3.63) is 45.9 Å². The number of nitrogens with zero attached hydrogens (tertiary/aromatic N) is 1. The maximum atomic E-state index is 13.8. The third-order valence-electron chi connectivity index (χ3n) is 2.69. The molecule has 5 heteroatoms. The summed E-state index contributed by atoms with van der Waals surface area (Å²) in [4.78, 5) is 5.32. The Kier molecular flexibility index (Phi) is 4.41. The van der Waals surface area contributed by atoms with E-state index in [4.69, 9.17) is 16.9 Å². The summed E-state index contributed by atoms with van der Waals surface area (Å²) in [5, 5.41) is 0. The van der Waals surface area contributed by atoms with Crippen molar-refractivity contribution in [2.75, 3.05) is 5.73 Å². The van der Waals surface area contributed by atoms with Crippen LogP contribution in [0.25, 0.3) is 5.76 Å². The summed E-state index contributed by atoms with van der Waals surface area (Å²) in [6.07, 6.45) is 7.10. The van der Waals surface area contributed by atoms with Crippen LogP contribution in [0, 0.1) is 18.2 Å². The molecule has 0 radical (unpaired) electrons. The summed E-state index contributed by atoms with van der Waals surface area (Å²) < 4.78 is 19.4. The number of hydrogen-bond acceptors (Lipinski definition) is 4. The first kappa shape index (κ1) is 14.8. The second kappa shape index (κ2) is 6.25. The number of anilines is 1. The third-order valence-corrected chi connectivity index (χ3v) is 3.76. The van der Waals surface area contributed by atoms with Crippen LogP contribution in [0.4, 0.5) is 15.8 Å². The SMILES string of the molecule is C#Cc1cc(N=C)c(C(=CC)Oc2ccc(N)cc2F)s1. The van der Waals surface area contributed by atoms with Crippen molar-refractivity contribution in [3.8, 4) is 18.1 Å². The molecule has 0 amide bonds. The lowest BCUT2D eigenvalue weighted by molar-refractivity contribution is 0.467. The molecule has 0 spiro atoms. The molecule has 1 aromatic carbocycles. The maximum absolute atomic E-state index is 13.8. The Morgan fingerprint density at radius 1 is 1.52 bits per heavy atom. The maximum Gasteiger partial charge on any atom is 0.167 e. The molecular weight excluding hydrogens is 287 g/mol. The monoisotopic (exact) mass is 300 g/mol. The van der Waals surface area contributed by atoms with Crippen LogP contribution in [-0.2, 0) is 0 Å². The van der Waals surface area contributed by atoms with E-state index in [1.54, 1.807) is 25.1 Å². The number of halogens is 1. The van der Waals surface area contributed by atoms with E-state index in [2.05, 4.69) is 17.6 Å². The Hall–Kier alpha value is -2.58. The first-order chi connectivity index (χ1) is 10.1. The highest BCUT2D eigenvalue weighted by molar-refractivity contribution is 7.14. The summed E-state index contributed by atoms with van der Waals surface area (Å²) >= 11 is 1.33. The third kappa shape index (κ3) is 3.12. The molecular formula is C16H13FN2OS. The van der Waals surface area contributed by atoms with Crippen molar-refractivity contribution in [1.82, 2.24) is 0 Å². The number of nitrogen functional groups attached to an aromatic ring is 1. The van der Waals surface area contributed by atoms with Gasteiger partial charge in [0, 0.05) is 11.8 Å². The number of rotatable bonds is 4. The molecule has 2 aromatic rings. The van der Waals surface area contributed by atoms with E-state index in [0.717, 1.165) is 0 Å². The van der Waals surface area contributed by atoms with Gasteiger partial charge in [-0.1, -0.05) is 5.92 Å². The predicted octanol–water partition coefficient (Wildman–Crippen LogP) is 4.22. The van der Waals surface area contributed by atoms with Gasteiger partial charge >= 0.3 is 0 Å². The first-order valence-corrected chi connectivity index (χ1v) is 6.87. The molecule has 0 unspecified atom stereocenters. The van der Waals surface area contributed by atoms with E-state index < -0.39 is 5.82 Å². The average Bonchev–Trinajstić information content (AvgIpc) is 2.90. The van der Waals surface area contributed by atoms with Gasteiger partial charge in [0.15, 0.2) is 11.6 Å². The van der Waals surface area contributed by atoms with Crippen LogP contribution in [0.3, 0.4) is 0 Å². The van der Waals surface area contributed by atoms with E-state index >= 15 is 0 Å². The zero-order chi connectivity index (χ0) is 15.4. The molecule has 0 atom stereocenters. The minimum Gasteiger partial charge on any atom is -0.453 e. The number of terminal acetylenes is 1. The van der Waals surface area contributed by atoms with Crippen LogP contribution < -0.4 is 10.5 Å². The molecule has 21 heavy (non-hydrogen) atoms. The van der Waals surface area contributed by atoms with Crippen LogP contribution >= 0.6 is 11.3 Å². The van der Waals surface area contributed by atoms with Crippen LogP contribution in [0.15, 0.2) is 35.3 Å². The highest BCUT2D eigenvalue weighted by atomic mass is 32.1. The molecule has 1 aromatic heterocycles. The summed E-state index contributed by atoms with van der Waals surface area (Å²) in [6, 6.07) is 5.99. The average molecular weight is 300 g/mol. The molecule has 0 bridgehead atoms. The van der Waals surface area contributed by atoms with Gasteiger partial charge in [-0.25, -0.2) is 4.39 Å². The van der Waals surface area contributed by atoms with Crippen molar-refractivity contribution >= 4 is 35.2 Å². The number of thiophene rings is 1. The van der Waals surface area contributed by atoms with Gasteiger partial charge in [0.05, 0.1) is 15.4 Å². The summed E-state index contributed by atoms with van der Waals surface area (Å²) in [7, 11) is 0. The predicted molar refractivity (Wildman–Crippen MR) is 86.6 cm³/mol. The van der Waals surface area contributed by atoms with Crippen molar-refractivity contribution in [1.29, 1.82) is 0 Å². The molecule has 0 saturated carbocycles. The smallest absolute Gasteiger partial charge is 0.167 e. The van der Waals surface area contributed by atoms with Gasteiger partial charge in [-0.05, 0) is 37.9 Å². The molecule has 0 aliphatic rings. The van der Waals surface area contributed by atoms with Crippen molar-refractivity contribution < 1.29 is 9.13 Å². The largest absolute Gasteiger partial charge is 0.453 e. The fourth-order valence-corrected chi connectivity index (χ4v) is 2.64. The van der Waals surface area contributed by atoms with Crippen molar-refractivity contribution in [3.63, 3.8) is 0 Å². The van der Waals surface area contributed by atoms with Crippen LogP contribution in [0.1, 0.15) is 16.7 Å². The van der Waals surface area contributed by atoms with E-state index in [0.29, 0.717) is 26.9 Å². The van der Waals surface area contributed by atoms with E-state index in [1.165, 1.54) is 23.5 Å². The normalized spacial score (nSPS) is 11.0. The standard InChI is InChI=1S/C16H13FN2OS/c1-4-11-9-13(19-3)16(21-11)14(5-2)20-15-7-6-10(18)8-12(15)17/h1,5-9H,3,18H2,2H3. The second-order valence-corrected chi connectivity index (χ2v) is 5.12. The minimum atomic E-state index is -0.531. The lowest BCUT2D eigenvalue weighted by Crippen LogP contribution is -1.96. The molecule has 106 valence electrons. The fraction of sp³-hybridized carbons (Fsp3) is 0.0625. The number of hydrogen-bond donors (Lipinski definition) is 1. The molecule has 0 fully saturated rings. The molecule has 3 nitrogen and oxygen atoms in total. The van der Waals surface area contributed by atoms with E-state index in [1.807, 2.05) is 0 Å². The van der Waals surface area contributed by atoms with Gasteiger partial charge < -0.3 is 10.5 Å². The number of benzene rings is 1. The van der Waals surface area contributed by atoms with Crippen LogP contribution in [0.5, 0.6) is 5.75 Å². The van der Waals surface area contributed by atoms with E-state index in [-0.39, 0.29) is 5.75 Å². The van der Waals surface area contributed by atoms with Gasteiger partial charge in [0.25, 0.3) is 0 Å². The Bertz CT molecular complexity index is 756. The topological polar surface area (TPSA) is 47.6 Å². The lowest BCUT2D eigenvalue weighted by atomic mass is 10.3. The quantitative estimate of drug-likeness (QED) is 0.398. The highest BCUT2D eigenvalue weighted by Crippen LogP contribution is 2.36. The Morgan fingerprint density at radius 2 is 2.29 bits per heavy atom. The number of ether oxygens (including phenoxy) is 1. The molecule has 2 rings (SSSR count).